The van der Waals surface area contributed by atoms with E-state index in [9.17, 15) is 10.1 Å². The van der Waals surface area contributed by atoms with Gasteiger partial charge < -0.3 is 5.32 Å². The van der Waals surface area contributed by atoms with Gasteiger partial charge in [-0.2, -0.15) is 11.8 Å². The molecule has 0 amide bonds. The number of thioether (sulfide) groups is 1. The molecule has 0 atom stereocenters. The summed E-state index contributed by atoms with van der Waals surface area (Å²) in [4.78, 5) is 14.3. The highest BCUT2D eigenvalue weighted by atomic mass is 32.2. The Morgan fingerprint density at radius 3 is 2.82 bits per heavy atom. The molecule has 1 aliphatic rings. The van der Waals surface area contributed by atoms with Gasteiger partial charge in [-0.15, -0.1) is 0 Å². The van der Waals surface area contributed by atoms with E-state index in [1.807, 2.05) is 18.7 Å². The SMILES string of the molecule is CSC1(CNc2ncc([N+](=O)[O-])cc2C)CC1. The summed E-state index contributed by atoms with van der Waals surface area (Å²) in [6.07, 6.45) is 5.87. The summed E-state index contributed by atoms with van der Waals surface area (Å²) in [7, 11) is 0. The number of pyridine rings is 1. The van der Waals surface area contributed by atoms with E-state index in [4.69, 9.17) is 0 Å². The molecule has 0 unspecified atom stereocenters. The van der Waals surface area contributed by atoms with Crippen molar-refractivity contribution >= 4 is 23.3 Å². The van der Waals surface area contributed by atoms with Crippen LogP contribution in [-0.4, -0.2) is 27.5 Å². The summed E-state index contributed by atoms with van der Waals surface area (Å²) in [5, 5.41) is 13.9. The van der Waals surface area contributed by atoms with Crippen LogP contribution in [0.2, 0.25) is 0 Å². The molecule has 2 rings (SSSR count). The predicted octanol–water partition coefficient (Wildman–Crippen LogP) is 2.61. The zero-order valence-electron chi connectivity index (χ0n) is 9.90. The standard InChI is InChI=1S/C11H15N3O2S/c1-8-5-9(14(15)16)6-12-10(8)13-7-11(17-2)3-4-11/h5-6H,3-4,7H2,1-2H3,(H,12,13). The predicted molar refractivity (Wildman–Crippen MR) is 69.6 cm³/mol. The molecule has 92 valence electrons. The van der Waals surface area contributed by atoms with Crippen molar-refractivity contribution in [2.45, 2.75) is 24.5 Å². The lowest BCUT2D eigenvalue weighted by Gasteiger charge is -2.14. The van der Waals surface area contributed by atoms with Gasteiger partial charge in [0.25, 0.3) is 5.69 Å². The molecule has 1 saturated carbocycles. The molecule has 0 saturated heterocycles. The average molecular weight is 253 g/mol. The third kappa shape index (κ3) is 2.69. The summed E-state index contributed by atoms with van der Waals surface area (Å²) >= 11 is 1.87. The molecule has 5 nitrogen and oxygen atoms in total. The smallest absolute Gasteiger partial charge is 0.287 e. The molecule has 6 heteroatoms. The second-order valence-corrected chi connectivity index (χ2v) is 5.63. The Morgan fingerprint density at radius 1 is 1.65 bits per heavy atom. The van der Waals surface area contributed by atoms with Gasteiger partial charge in [0.1, 0.15) is 12.0 Å². The topological polar surface area (TPSA) is 68.1 Å². The number of nitro groups is 1. The second-order valence-electron chi connectivity index (χ2n) is 4.36. The molecule has 17 heavy (non-hydrogen) atoms. The molecule has 1 heterocycles. The van der Waals surface area contributed by atoms with E-state index < -0.39 is 4.92 Å². The summed E-state index contributed by atoms with van der Waals surface area (Å²) in [6, 6.07) is 1.55. The third-order valence-electron chi connectivity index (χ3n) is 3.09. The van der Waals surface area contributed by atoms with Gasteiger partial charge in [-0.25, -0.2) is 4.98 Å². The van der Waals surface area contributed by atoms with E-state index >= 15 is 0 Å². The number of hydrogen-bond donors (Lipinski definition) is 1. The van der Waals surface area contributed by atoms with Gasteiger partial charge in [0, 0.05) is 17.4 Å². The van der Waals surface area contributed by atoms with Crippen LogP contribution >= 0.6 is 11.8 Å². The van der Waals surface area contributed by atoms with Crippen LogP contribution in [0.1, 0.15) is 18.4 Å². The van der Waals surface area contributed by atoms with Gasteiger partial charge in [-0.05, 0) is 31.6 Å². The molecule has 1 aromatic rings. The van der Waals surface area contributed by atoms with Crippen LogP contribution in [0.5, 0.6) is 0 Å². The first-order valence-electron chi connectivity index (χ1n) is 5.46. The maximum atomic E-state index is 10.6. The Labute approximate surface area is 104 Å². The number of anilines is 1. The summed E-state index contributed by atoms with van der Waals surface area (Å²) in [6.45, 7) is 2.71. The minimum absolute atomic E-state index is 0.0408. The highest BCUT2D eigenvalue weighted by Crippen LogP contribution is 2.47. The fraction of sp³-hybridized carbons (Fsp3) is 0.545. The maximum Gasteiger partial charge on any atom is 0.287 e. The molecule has 1 N–H and O–H groups in total. The molecule has 0 aromatic carbocycles. The molecule has 0 spiro atoms. The zero-order valence-corrected chi connectivity index (χ0v) is 10.7. The Balaban J connectivity index is 2.04. The molecular weight excluding hydrogens is 238 g/mol. The van der Waals surface area contributed by atoms with Gasteiger partial charge >= 0.3 is 0 Å². The van der Waals surface area contributed by atoms with Crippen LogP contribution in [-0.2, 0) is 0 Å². The lowest BCUT2D eigenvalue weighted by atomic mass is 10.2. The first-order valence-corrected chi connectivity index (χ1v) is 6.69. The Hall–Kier alpha value is -1.30. The van der Waals surface area contributed by atoms with Crippen molar-refractivity contribution in [1.29, 1.82) is 0 Å². The molecule has 1 fully saturated rings. The Bertz CT molecular complexity index is 446. The number of rotatable bonds is 5. The summed E-state index contributed by atoms with van der Waals surface area (Å²) < 4.78 is 0.357. The minimum Gasteiger partial charge on any atom is -0.368 e. The second kappa shape index (κ2) is 4.52. The van der Waals surface area contributed by atoms with Crippen LogP contribution in [0.15, 0.2) is 12.3 Å². The monoisotopic (exact) mass is 253 g/mol. The van der Waals surface area contributed by atoms with Gasteiger partial charge in [0.05, 0.1) is 4.92 Å². The van der Waals surface area contributed by atoms with E-state index in [0.717, 1.165) is 17.9 Å². The number of nitrogens with zero attached hydrogens (tertiary/aromatic N) is 2. The van der Waals surface area contributed by atoms with Crippen molar-refractivity contribution in [3.05, 3.63) is 27.9 Å². The number of aromatic nitrogens is 1. The van der Waals surface area contributed by atoms with Crippen molar-refractivity contribution < 1.29 is 4.92 Å². The molecule has 1 aliphatic carbocycles. The van der Waals surface area contributed by atoms with E-state index in [-0.39, 0.29) is 5.69 Å². The molecule has 0 radical (unpaired) electrons. The van der Waals surface area contributed by atoms with E-state index in [1.54, 1.807) is 6.07 Å². The van der Waals surface area contributed by atoms with Gasteiger partial charge in [0.2, 0.25) is 0 Å². The molecule has 0 aliphatic heterocycles. The minimum atomic E-state index is -0.423. The van der Waals surface area contributed by atoms with Gasteiger partial charge in [-0.3, -0.25) is 10.1 Å². The van der Waals surface area contributed by atoms with Gasteiger partial charge in [-0.1, -0.05) is 0 Å². The maximum absolute atomic E-state index is 10.6. The van der Waals surface area contributed by atoms with Crippen LogP contribution in [0.4, 0.5) is 11.5 Å². The molecule has 0 bridgehead atoms. The Morgan fingerprint density at radius 2 is 2.35 bits per heavy atom. The number of nitrogens with one attached hydrogen (secondary N) is 1. The van der Waals surface area contributed by atoms with Crippen molar-refractivity contribution in [1.82, 2.24) is 4.98 Å². The number of aryl methyl sites for hydroxylation is 1. The summed E-state index contributed by atoms with van der Waals surface area (Å²) in [5.74, 6) is 0.746. The van der Waals surface area contributed by atoms with Crippen molar-refractivity contribution in [2.24, 2.45) is 0 Å². The van der Waals surface area contributed by atoms with Crippen LogP contribution in [0, 0.1) is 17.0 Å². The fourth-order valence-corrected chi connectivity index (χ4v) is 2.41. The van der Waals surface area contributed by atoms with Crippen molar-refractivity contribution in [3.63, 3.8) is 0 Å². The first-order chi connectivity index (χ1) is 8.06. The van der Waals surface area contributed by atoms with Crippen molar-refractivity contribution in [3.8, 4) is 0 Å². The number of hydrogen-bond acceptors (Lipinski definition) is 5. The van der Waals surface area contributed by atoms with E-state index in [1.165, 1.54) is 19.0 Å². The Kier molecular flexibility index (Phi) is 3.24. The average Bonchev–Trinajstić information content (AvgIpc) is 3.08. The van der Waals surface area contributed by atoms with Crippen LogP contribution in [0.3, 0.4) is 0 Å². The quantitative estimate of drug-likeness (QED) is 0.645. The zero-order chi connectivity index (χ0) is 12.5. The highest BCUT2D eigenvalue weighted by molar-refractivity contribution is 8.00. The normalized spacial score (nSPS) is 16.6. The highest BCUT2D eigenvalue weighted by Gasteiger charge is 2.41. The third-order valence-corrected chi connectivity index (χ3v) is 4.51. The van der Waals surface area contributed by atoms with Gasteiger partial charge in [0.15, 0.2) is 0 Å². The molecular formula is C11H15N3O2S. The summed E-state index contributed by atoms with van der Waals surface area (Å²) in [5.41, 5.74) is 0.857. The van der Waals surface area contributed by atoms with Crippen LogP contribution < -0.4 is 5.32 Å². The lowest BCUT2D eigenvalue weighted by molar-refractivity contribution is -0.385. The lowest BCUT2D eigenvalue weighted by Crippen LogP contribution is -2.18. The largest absolute Gasteiger partial charge is 0.368 e. The fourth-order valence-electron chi connectivity index (χ4n) is 1.68. The van der Waals surface area contributed by atoms with E-state index in [2.05, 4.69) is 16.6 Å². The first kappa shape index (κ1) is 12.2. The van der Waals surface area contributed by atoms with E-state index in [0.29, 0.717) is 4.75 Å². The van der Waals surface area contributed by atoms with Crippen LogP contribution in [0.25, 0.3) is 0 Å². The van der Waals surface area contributed by atoms with Crippen molar-refractivity contribution in [2.75, 3.05) is 18.1 Å². The molecule has 1 aromatic heterocycles.